The lowest BCUT2D eigenvalue weighted by Crippen LogP contribution is -2.21. The van der Waals surface area contributed by atoms with Crippen LogP contribution < -0.4 is 5.56 Å². The van der Waals surface area contributed by atoms with Crippen LogP contribution in [-0.2, 0) is 13.2 Å². The second kappa shape index (κ2) is 6.98. The van der Waals surface area contributed by atoms with Gasteiger partial charge in [0.2, 0.25) is 0 Å². The van der Waals surface area contributed by atoms with Gasteiger partial charge in [0.05, 0.1) is 11.8 Å². The molecule has 150 valence electrons. The molecule has 0 N–H and O–H groups in total. The standard InChI is InChI=1S/C20H18F3N5O/c1-12(4-3-9-24-10-13-5-6-13)28-18-14(7-8-15(26-18)20(21,22)23)17-16(19(28)29)25-11-27(17)2/h3-4,7-11,13H,5-6H2,1-2H3/b9-3-,12-4+,24-10?. The molecule has 0 aromatic carbocycles. The Morgan fingerprint density at radius 2 is 2.07 bits per heavy atom. The molecule has 1 fully saturated rings. The maximum Gasteiger partial charge on any atom is 0.433 e. The van der Waals surface area contributed by atoms with E-state index in [2.05, 4.69) is 15.0 Å². The molecule has 6 nitrogen and oxygen atoms in total. The molecule has 0 amide bonds. The summed E-state index contributed by atoms with van der Waals surface area (Å²) in [7, 11) is 1.68. The molecule has 0 bridgehead atoms. The molecule has 1 aliphatic carbocycles. The fraction of sp³-hybridized carbons (Fsp3) is 0.300. The summed E-state index contributed by atoms with van der Waals surface area (Å²) in [4.78, 5) is 25.1. The Kier molecular flexibility index (Phi) is 4.60. The number of imidazole rings is 1. The van der Waals surface area contributed by atoms with Crippen molar-refractivity contribution in [3.05, 3.63) is 52.9 Å². The number of pyridine rings is 2. The second-order valence-electron chi connectivity index (χ2n) is 7.04. The Hall–Kier alpha value is -3.23. The van der Waals surface area contributed by atoms with Crippen LogP contribution in [0.3, 0.4) is 0 Å². The van der Waals surface area contributed by atoms with Gasteiger partial charge in [-0.2, -0.15) is 13.2 Å². The van der Waals surface area contributed by atoms with Crippen LogP contribution in [0.25, 0.3) is 27.8 Å². The van der Waals surface area contributed by atoms with Crippen LogP contribution in [0.5, 0.6) is 0 Å². The highest BCUT2D eigenvalue weighted by Gasteiger charge is 2.33. The summed E-state index contributed by atoms with van der Waals surface area (Å²) in [5, 5.41) is 0.413. The lowest BCUT2D eigenvalue weighted by Gasteiger charge is -2.13. The Bertz CT molecular complexity index is 1240. The van der Waals surface area contributed by atoms with E-state index >= 15 is 0 Å². The largest absolute Gasteiger partial charge is 0.433 e. The number of nitrogens with zero attached hydrogens (tertiary/aromatic N) is 5. The molecule has 3 heterocycles. The normalized spacial score (nSPS) is 16.1. The zero-order chi connectivity index (χ0) is 20.8. The van der Waals surface area contributed by atoms with Crippen LogP contribution in [0.15, 0.2) is 46.6 Å². The predicted molar refractivity (Wildman–Crippen MR) is 106 cm³/mol. The number of rotatable bonds is 4. The number of hydrogen-bond donors (Lipinski definition) is 0. The molecule has 3 aromatic rings. The number of hydrogen-bond acceptors (Lipinski definition) is 4. The van der Waals surface area contributed by atoms with Gasteiger partial charge in [-0.15, -0.1) is 0 Å². The van der Waals surface area contributed by atoms with Crippen LogP contribution in [0, 0.1) is 5.92 Å². The zero-order valence-electron chi connectivity index (χ0n) is 15.8. The first-order chi connectivity index (χ1) is 13.8. The molecule has 1 aliphatic rings. The third-order valence-electron chi connectivity index (χ3n) is 4.76. The quantitative estimate of drug-likeness (QED) is 0.487. The average Bonchev–Trinajstić information content (AvgIpc) is 3.40. The smallest absolute Gasteiger partial charge is 0.333 e. The van der Waals surface area contributed by atoms with Gasteiger partial charge in [-0.3, -0.25) is 14.4 Å². The molecule has 0 spiro atoms. The van der Waals surface area contributed by atoms with Crippen LogP contribution in [0.2, 0.25) is 0 Å². The fourth-order valence-electron chi connectivity index (χ4n) is 3.12. The summed E-state index contributed by atoms with van der Waals surface area (Å²) in [6.07, 6.45) is 5.83. The van der Waals surface area contributed by atoms with Crippen molar-refractivity contribution < 1.29 is 13.2 Å². The van der Waals surface area contributed by atoms with Crippen LogP contribution >= 0.6 is 0 Å². The Balaban J connectivity index is 1.92. The maximum atomic E-state index is 13.2. The van der Waals surface area contributed by atoms with E-state index < -0.39 is 17.4 Å². The van der Waals surface area contributed by atoms with E-state index in [-0.39, 0.29) is 11.2 Å². The molecule has 0 saturated heterocycles. The van der Waals surface area contributed by atoms with Crippen molar-refractivity contribution in [3.63, 3.8) is 0 Å². The van der Waals surface area contributed by atoms with Gasteiger partial charge in [-0.1, -0.05) is 0 Å². The fourth-order valence-corrected chi connectivity index (χ4v) is 3.12. The monoisotopic (exact) mass is 401 g/mol. The van der Waals surface area contributed by atoms with E-state index in [1.807, 2.05) is 6.21 Å². The van der Waals surface area contributed by atoms with Crippen molar-refractivity contribution in [1.82, 2.24) is 19.1 Å². The maximum absolute atomic E-state index is 13.2. The number of alkyl halides is 3. The third-order valence-corrected chi connectivity index (χ3v) is 4.76. The minimum atomic E-state index is -4.62. The zero-order valence-corrected chi connectivity index (χ0v) is 15.8. The second-order valence-corrected chi connectivity index (χ2v) is 7.04. The minimum Gasteiger partial charge on any atom is -0.333 e. The molecule has 0 atom stereocenters. The van der Waals surface area contributed by atoms with Gasteiger partial charge in [-0.05, 0) is 50.0 Å². The van der Waals surface area contributed by atoms with Gasteiger partial charge < -0.3 is 4.57 Å². The number of allylic oxidation sites excluding steroid dienone is 3. The van der Waals surface area contributed by atoms with Gasteiger partial charge >= 0.3 is 6.18 Å². The molecule has 0 radical (unpaired) electrons. The first kappa shape index (κ1) is 19.1. The summed E-state index contributed by atoms with van der Waals surface area (Å²) in [6, 6.07) is 2.24. The molecule has 3 aromatic heterocycles. The topological polar surface area (TPSA) is 65.1 Å². The molecule has 4 rings (SSSR count). The van der Waals surface area contributed by atoms with Crippen molar-refractivity contribution >= 4 is 34.0 Å². The Morgan fingerprint density at radius 1 is 1.31 bits per heavy atom. The highest BCUT2D eigenvalue weighted by Crippen LogP contribution is 2.31. The number of aliphatic imine (C=N–C) groups is 1. The predicted octanol–water partition coefficient (Wildman–Crippen LogP) is 4.16. The van der Waals surface area contributed by atoms with Crippen molar-refractivity contribution in [1.29, 1.82) is 0 Å². The molecule has 1 saturated carbocycles. The van der Waals surface area contributed by atoms with Crippen LogP contribution in [0.4, 0.5) is 13.2 Å². The van der Waals surface area contributed by atoms with Gasteiger partial charge in [0.25, 0.3) is 5.56 Å². The van der Waals surface area contributed by atoms with Gasteiger partial charge in [0.1, 0.15) is 11.3 Å². The highest BCUT2D eigenvalue weighted by molar-refractivity contribution is 6.02. The van der Waals surface area contributed by atoms with Crippen LogP contribution in [0.1, 0.15) is 25.5 Å². The van der Waals surface area contributed by atoms with E-state index in [4.69, 9.17) is 0 Å². The summed E-state index contributed by atoms with van der Waals surface area (Å²) >= 11 is 0. The summed E-state index contributed by atoms with van der Waals surface area (Å²) in [5.41, 5.74) is -0.618. The Morgan fingerprint density at radius 3 is 2.76 bits per heavy atom. The molecular formula is C20H18F3N5O. The van der Waals surface area contributed by atoms with E-state index in [0.717, 1.165) is 23.5 Å². The summed E-state index contributed by atoms with van der Waals surface area (Å²) in [6.45, 7) is 1.63. The molecule has 0 unspecified atom stereocenters. The first-order valence-corrected chi connectivity index (χ1v) is 9.08. The van der Waals surface area contributed by atoms with Gasteiger partial charge in [0.15, 0.2) is 5.52 Å². The van der Waals surface area contributed by atoms with Gasteiger partial charge in [0, 0.05) is 30.5 Å². The summed E-state index contributed by atoms with van der Waals surface area (Å²) < 4.78 is 42.5. The van der Waals surface area contributed by atoms with Crippen molar-refractivity contribution in [2.24, 2.45) is 18.0 Å². The third kappa shape index (κ3) is 3.59. The lowest BCUT2D eigenvalue weighted by atomic mass is 10.2. The highest BCUT2D eigenvalue weighted by atomic mass is 19.4. The van der Waals surface area contributed by atoms with Crippen molar-refractivity contribution in [2.75, 3.05) is 0 Å². The minimum absolute atomic E-state index is 0.0652. The molecule has 9 heteroatoms. The molecular weight excluding hydrogens is 383 g/mol. The van der Waals surface area contributed by atoms with E-state index in [1.54, 1.807) is 36.9 Å². The summed E-state index contributed by atoms with van der Waals surface area (Å²) in [5.74, 6) is 0.535. The van der Waals surface area contributed by atoms with E-state index in [0.29, 0.717) is 22.5 Å². The molecule has 0 aliphatic heterocycles. The van der Waals surface area contributed by atoms with Crippen LogP contribution in [-0.4, -0.2) is 25.3 Å². The lowest BCUT2D eigenvalue weighted by molar-refractivity contribution is -0.141. The number of aryl methyl sites for hydroxylation is 1. The SMILES string of the molecule is C/C(=C\C=C/N=CC1CC1)n1c(=O)c2ncn(C)c2c2ccc(C(F)(F)F)nc21. The number of fused-ring (bicyclic) bond motifs is 3. The number of halogens is 3. The first-order valence-electron chi connectivity index (χ1n) is 9.08. The van der Waals surface area contributed by atoms with Crippen molar-refractivity contribution in [3.8, 4) is 0 Å². The Labute approximate surface area is 163 Å². The molecule has 29 heavy (non-hydrogen) atoms. The van der Waals surface area contributed by atoms with Gasteiger partial charge in [-0.25, -0.2) is 9.97 Å². The number of aromatic nitrogens is 4. The van der Waals surface area contributed by atoms with Crippen molar-refractivity contribution in [2.45, 2.75) is 25.9 Å². The van der Waals surface area contributed by atoms with E-state index in [9.17, 15) is 18.0 Å². The average molecular weight is 401 g/mol. The van der Waals surface area contributed by atoms with E-state index in [1.165, 1.54) is 12.4 Å².